The Morgan fingerprint density at radius 2 is 1.92 bits per heavy atom. The van der Waals surface area contributed by atoms with Crippen LogP contribution in [-0.2, 0) is 17.9 Å². The Balaban J connectivity index is 1.42. The molecule has 0 aliphatic carbocycles. The van der Waals surface area contributed by atoms with Crippen LogP contribution in [0.2, 0.25) is 0 Å². The number of pyridine rings is 1. The molecular formula is C19H22FN3O. The fourth-order valence-corrected chi connectivity index (χ4v) is 3.03. The van der Waals surface area contributed by atoms with Crippen LogP contribution < -0.4 is 5.32 Å². The van der Waals surface area contributed by atoms with Crippen LogP contribution in [0.1, 0.15) is 24.1 Å². The highest BCUT2D eigenvalue weighted by Gasteiger charge is 2.24. The van der Waals surface area contributed by atoms with Gasteiger partial charge in [-0.1, -0.05) is 18.2 Å². The molecule has 0 saturated carbocycles. The van der Waals surface area contributed by atoms with E-state index in [4.69, 9.17) is 0 Å². The molecule has 0 spiro atoms. The molecule has 0 radical (unpaired) electrons. The number of benzene rings is 1. The van der Waals surface area contributed by atoms with Crippen molar-refractivity contribution in [2.45, 2.75) is 25.9 Å². The van der Waals surface area contributed by atoms with Crippen molar-refractivity contribution in [2.75, 3.05) is 13.1 Å². The molecule has 1 aromatic heterocycles. The minimum absolute atomic E-state index is 0.0678. The molecule has 2 aromatic rings. The Bertz CT molecular complexity index is 652. The second kappa shape index (κ2) is 8.02. The topological polar surface area (TPSA) is 45.2 Å². The van der Waals surface area contributed by atoms with E-state index in [0.717, 1.165) is 43.7 Å². The predicted octanol–water partition coefficient (Wildman–Crippen LogP) is 2.75. The highest BCUT2D eigenvalue weighted by molar-refractivity contribution is 5.78. The number of rotatable bonds is 5. The van der Waals surface area contributed by atoms with E-state index in [1.165, 1.54) is 12.1 Å². The SMILES string of the molecule is O=C(NCc1ccccn1)C1CCN(Cc2ccc(F)cc2)CC1. The molecule has 4 nitrogen and oxygen atoms in total. The van der Waals surface area contributed by atoms with Gasteiger partial charge in [-0.25, -0.2) is 4.39 Å². The van der Waals surface area contributed by atoms with Gasteiger partial charge in [0, 0.05) is 18.7 Å². The van der Waals surface area contributed by atoms with E-state index in [0.29, 0.717) is 6.54 Å². The van der Waals surface area contributed by atoms with Gasteiger partial charge in [-0.05, 0) is 55.8 Å². The Labute approximate surface area is 141 Å². The van der Waals surface area contributed by atoms with E-state index >= 15 is 0 Å². The molecule has 1 aliphatic heterocycles. The molecule has 1 aliphatic rings. The molecular weight excluding hydrogens is 305 g/mol. The summed E-state index contributed by atoms with van der Waals surface area (Å²) in [6, 6.07) is 12.3. The summed E-state index contributed by atoms with van der Waals surface area (Å²) in [5.74, 6) is -0.0256. The third-order valence-corrected chi connectivity index (χ3v) is 4.45. The first-order valence-electron chi connectivity index (χ1n) is 8.35. The van der Waals surface area contributed by atoms with Gasteiger partial charge >= 0.3 is 0 Å². The minimum atomic E-state index is -0.206. The van der Waals surface area contributed by atoms with Gasteiger partial charge in [0.25, 0.3) is 0 Å². The van der Waals surface area contributed by atoms with Crippen molar-refractivity contribution in [3.8, 4) is 0 Å². The van der Waals surface area contributed by atoms with Crippen LogP contribution in [0.3, 0.4) is 0 Å². The summed E-state index contributed by atoms with van der Waals surface area (Å²) in [7, 11) is 0. The zero-order valence-corrected chi connectivity index (χ0v) is 13.6. The monoisotopic (exact) mass is 327 g/mol. The summed E-state index contributed by atoms with van der Waals surface area (Å²) in [4.78, 5) is 18.8. The Morgan fingerprint density at radius 3 is 2.58 bits per heavy atom. The molecule has 1 saturated heterocycles. The molecule has 1 N–H and O–H groups in total. The van der Waals surface area contributed by atoms with Gasteiger partial charge in [-0.3, -0.25) is 14.7 Å². The number of likely N-dealkylation sites (tertiary alicyclic amines) is 1. The maximum absolute atomic E-state index is 12.9. The van der Waals surface area contributed by atoms with Crippen molar-refractivity contribution >= 4 is 5.91 Å². The van der Waals surface area contributed by atoms with Crippen molar-refractivity contribution in [1.82, 2.24) is 15.2 Å². The van der Waals surface area contributed by atoms with E-state index in [1.807, 2.05) is 30.3 Å². The molecule has 5 heteroatoms. The van der Waals surface area contributed by atoms with Gasteiger partial charge in [0.05, 0.1) is 12.2 Å². The zero-order chi connectivity index (χ0) is 16.8. The van der Waals surface area contributed by atoms with Gasteiger partial charge in [0.1, 0.15) is 5.82 Å². The minimum Gasteiger partial charge on any atom is -0.350 e. The highest BCUT2D eigenvalue weighted by Crippen LogP contribution is 2.19. The number of halogens is 1. The molecule has 1 fully saturated rings. The first-order chi connectivity index (χ1) is 11.7. The Morgan fingerprint density at radius 1 is 1.17 bits per heavy atom. The van der Waals surface area contributed by atoms with Crippen LogP contribution in [0.5, 0.6) is 0 Å². The van der Waals surface area contributed by atoms with Crippen molar-refractivity contribution in [3.63, 3.8) is 0 Å². The van der Waals surface area contributed by atoms with E-state index in [1.54, 1.807) is 6.20 Å². The lowest BCUT2D eigenvalue weighted by Gasteiger charge is -2.31. The van der Waals surface area contributed by atoms with E-state index in [9.17, 15) is 9.18 Å². The number of piperidine rings is 1. The quantitative estimate of drug-likeness (QED) is 0.918. The number of carbonyl (C=O) groups is 1. The molecule has 2 heterocycles. The fourth-order valence-electron chi connectivity index (χ4n) is 3.03. The van der Waals surface area contributed by atoms with Gasteiger partial charge in [-0.15, -0.1) is 0 Å². The van der Waals surface area contributed by atoms with Crippen molar-refractivity contribution < 1.29 is 9.18 Å². The first kappa shape index (κ1) is 16.6. The fraction of sp³-hybridized carbons (Fsp3) is 0.368. The second-order valence-electron chi connectivity index (χ2n) is 6.22. The molecule has 0 unspecified atom stereocenters. The van der Waals surface area contributed by atoms with E-state index in [-0.39, 0.29) is 17.6 Å². The molecule has 1 amide bonds. The summed E-state index contributed by atoms with van der Waals surface area (Å²) in [5, 5.41) is 2.98. The number of hydrogen-bond acceptors (Lipinski definition) is 3. The smallest absolute Gasteiger partial charge is 0.223 e. The lowest BCUT2D eigenvalue weighted by molar-refractivity contribution is -0.126. The average molecular weight is 327 g/mol. The van der Waals surface area contributed by atoms with Crippen LogP contribution in [0.15, 0.2) is 48.7 Å². The van der Waals surface area contributed by atoms with Crippen molar-refractivity contribution in [3.05, 3.63) is 65.7 Å². The van der Waals surface area contributed by atoms with Crippen LogP contribution in [0.4, 0.5) is 4.39 Å². The summed E-state index contributed by atoms with van der Waals surface area (Å²) < 4.78 is 12.9. The normalized spacial score (nSPS) is 16.0. The predicted molar refractivity (Wildman–Crippen MR) is 90.5 cm³/mol. The second-order valence-corrected chi connectivity index (χ2v) is 6.22. The lowest BCUT2D eigenvalue weighted by atomic mass is 9.95. The summed E-state index contributed by atoms with van der Waals surface area (Å²) in [5.41, 5.74) is 1.98. The van der Waals surface area contributed by atoms with Crippen LogP contribution in [-0.4, -0.2) is 28.9 Å². The third kappa shape index (κ3) is 4.61. The molecule has 126 valence electrons. The van der Waals surface area contributed by atoms with Gasteiger partial charge in [0.2, 0.25) is 5.91 Å². The molecule has 3 rings (SSSR count). The maximum Gasteiger partial charge on any atom is 0.223 e. The third-order valence-electron chi connectivity index (χ3n) is 4.45. The molecule has 24 heavy (non-hydrogen) atoms. The van der Waals surface area contributed by atoms with Crippen LogP contribution in [0.25, 0.3) is 0 Å². The van der Waals surface area contributed by atoms with Gasteiger partial charge in [0.15, 0.2) is 0 Å². The van der Waals surface area contributed by atoms with E-state index in [2.05, 4.69) is 15.2 Å². The van der Waals surface area contributed by atoms with Crippen LogP contribution in [0, 0.1) is 11.7 Å². The number of aromatic nitrogens is 1. The molecule has 0 bridgehead atoms. The largest absolute Gasteiger partial charge is 0.350 e. The summed E-state index contributed by atoms with van der Waals surface area (Å²) >= 11 is 0. The van der Waals surface area contributed by atoms with Crippen molar-refractivity contribution in [2.24, 2.45) is 5.92 Å². The first-order valence-corrected chi connectivity index (χ1v) is 8.35. The number of nitrogens with zero attached hydrogens (tertiary/aromatic N) is 2. The zero-order valence-electron chi connectivity index (χ0n) is 13.6. The standard InChI is InChI=1S/C19H22FN3O/c20-17-6-4-15(5-7-17)14-23-11-8-16(9-12-23)19(24)22-13-18-3-1-2-10-21-18/h1-7,10,16H,8-9,11-14H2,(H,22,24). The molecule has 0 atom stereocenters. The summed E-state index contributed by atoms with van der Waals surface area (Å²) in [6.45, 7) is 3.07. The average Bonchev–Trinajstić information content (AvgIpc) is 2.63. The summed E-state index contributed by atoms with van der Waals surface area (Å²) in [6.07, 6.45) is 3.44. The lowest BCUT2D eigenvalue weighted by Crippen LogP contribution is -2.40. The number of hydrogen-bond donors (Lipinski definition) is 1. The Hall–Kier alpha value is -2.27. The number of nitrogens with one attached hydrogen (secondary N) is 1. The Kier molecular flexibility index (Phi) is 5.54. The van der Waals surface area contributed by atoms with Gasteiger partial charge < -0.3 is 5.32 Å². The number of carbonyl (C=O) groups excluding carboxylic acids is 1. The van der Waals surface area contributed by atoms with Crippen LogP contribution >= 0.6 is 0 Å². The number of amides is 1. The van der Waals surface area contributed by atoms with Crippen molar-refractivity contribution in [1.29, 1.82) is 0 Å². The van der Waals surface area contributed by atoms with Gasteiger partial charge in [-0.2, -0.15) is 0 Å². The molecule has 1 aromatic carbocycles. The maximum atomic E-state index is 12.9. The highest BCUT2D eigenvalue weighted by atomic mass is 19.1. The van der Waals surface area contributed by atoms with E-state index < -0.39 is 0 Å².